The zero-order valence-electron chi connectivity index (χ0n) is 14.1. The van der Waals surface area contributed by atoms with Crippen molar-refractivity contribution >= 4 is 10.0 Å². The van der Waals surface area contributed by atoms with Gasteiger partial charge in [-0.25, -0.2) is 13.1 Å². The lowest BCUT2D eigenvalue weighted by Gasteiger charge is -2.17. The minimum Gasteiger partial charge on any atom is -0.304 e. The van der Waals surface area contributed by atoms with Crippen LogP contribution in [0.15, 0.2) is 29.2 Å². The summed E-state index contributed by atoms with van der Waals surface area (Å²) in [5, 5.41) is 0. The highest BCUT2D eigenvalue weighted by atomic mass is 32.2. The van der Waals surface area contributed by atoms with E-state index in [2.05, 4.69) is 30.4 Å². The minimum absolute atomic E-state index is 0.357. The van der Waals surface area contributed by atoms with E-state index in [1.807, 2.05) is 12.1 Å². The molecule has 1 N–H and O–H groups in total. The van der Waals surface area contributed by atoms with Crippen LogP contribution >= 0.6 is 0 Å². The number of sulfonamides is 1. The summed E-state index contributed by atoms with van der Waals surface area (Å²) in [7, 11) is -3.38. The van der Waals surface area contributed by atoms with Crippen molar-refractivity contribution in [3.05, 3.63) is 29.8 Å². The quantitative estimate of drug-likeness (QED) is 0.636. The highest BCUT2D eigenvalue weighted by Crippen LogP contribution is 2.12. The number of nitrogens with zero attached hydrogens (tertiary/aromatic N) is 1. The second-order valence-electron chi connectivity index (χ2n) is 5.53. The van der Waals surface area contributed by atoms with E-state index in [0.29, 0.717) is 11.4 Å². The van der Waals surface area contributed by atoms with E-state index in [0.717, 1.165) is 45.3 Å². The Labute approximate surface area is 136 Å². The molecule has 1 rings (SSSR count). The van der Waals surface area contributed by atoms with Gasteiger partial charge < -0.3 is 4.90 Å². The van der Waals surface area contributed by atoms with Gasteiger partial charge in [0.15, 0.2) is 0 Å². The highest BCUT2D eigenvalue weighted by molar-refractivity contribution is 7.89. The van der Waals surface area contributed by atoms with E-state index >= 15 is 0 Å². The zero-order chi connectivity index (χ0) is 16.4. The topological polar surface area (TPSA) is 49.4 Å². The average molecular weight is 327 g/mol. The van der Waals surface area contributed by atoms with Crippen LogP contribution < -0.4 is 4.72 Å². The summed E-state index contributed by atoms with van der Waals surface area (Å²) in [5.74, 6) is 0. The fourth-order valence-electron chi connectivity index (χ4n) is 2.35. The van der Waals surface area contributed by atoms with E-state index in [4.69, 9.17) is 0 Å². The fraction of sp³-hybridized carbons (Fsp3) is 0.647. The van der Waals surface area contributed by atoms with Crippen LogP contribution in [0.1, 0.15) is 45.6 Å². The van der Waals surface area contributed by atoms with E-state index in [9.17, 15) is 8.42 Å². The first-order valence-corrected chi connectivity index (χ1v) is 9.82. The van der Waals surface area contributed by atoms with Gasteiger partial charge >= 0.3 is 0 Å². The van der Waals surface area contributed by atoms with Crippen molar-refractivity contribution < 1.29 is 8.42 Å². The molecule has 1 aromatic rings. The summed E-state index contributed by atoms with van der Waals surface area (Å²) in [6, 6.07) is 7.25. The second kappa shape index (κ2) is 9.98. The van der Waals surface area contributed by atoms with Gasteiger partial charge in [-0.3, -0.25) is 0 Å². The fourth-order valence-corrected chi connectivity index (χ4v) is 3.42. The van der Waals surface area contributed by atoms with Crippen molar-refractivity contribution in [1.29, 1.82) is 0 Å². The van der Waals surface area contributed by atoms with Crippen LogP contribution in [0.2, 0.25) is 0 Å². The number of unbranched alkanes of at least 4 members (excludes halogenated alkanes) is 1. The molecule has 126 valence electrons. The van der Waals surface area contributed by atoms with Crippen molar-refractivity contribution in [3.8, 4) is 0 Å². The highest BCUT2D eigenvalue weighted by Gasteiger charge is 2.13. The summed E-state index contributed by atoms with van der Waals surface area (Å²) in [4.78, 5) is 2.65. The normalized spacial score (nSPS) is 12.0. The summed E-state index contributed by atoms with van der Waals surface area (Å²) in [5.41, 5.74) is 1.20. The molecular weight excluding hydrogens is 296 g/mol. The average Bonchev–Trinajstić information content (AvgIpc) is 2.53. The molecule has 0 unspecified atom stereocenters. The first-order valence-electron chi connectivity index (χ1n) is 8.34. The van der Waals surface area contributed by atoms with E-state index in [-0.39, 0.29) is 0 Å². The Morgan fingerprint density at radius 2 is 1.64 bits per heavy atom. The number of hydrogen-bond donors (Lipinski definition) is 1. The molecule has 0 radical (unpaired) electrons. The molecule has 4 nitrogen and oxygen atoms in total. The van der Waals surface area contributed by atoms with Crippen molar-refractivity contribution in [2.45, 2.75) is 51.3 Å². The third kappa shape index (κ3) is 6.46. The third-order valence-electron chi connectivity index (χ3n) is 3.89. The van der Waals surface area contributed by atoms with Gasteiger partial charge in [-0.05, 0) is 56.6 Å². The van der Waals surface area contributed by atoms with Gasteiger partial charge in [-0.15, -0.1) is 0 Å². The molecule has 0 aliphatic carbocycles. The summed E-state index contributed by atoms with van der Waals surface area (Å²) < 4.78 is 27.1. The van der Waals surface area contributed by atoms with Gasteiger partial charge in [0.1, 0.15) is 0 Å². The maximum Gasteiger partial charge on any atom is 0.240 e. The maximum atomic E-state index is 12.2. The molecule has 0 spiro atoms. The molecule has 0 atom stereocenters. The van der Waals surface area contributed by atoms with Crippen molar-refractivity contribution in [2.24, 2.45) is 0 Å². The number of nitrogens with one attached hydrogen (secondary N) is 1. The lowest BCUT2D eigenvalue weighted by molar-refractivity contribution is 0.300. The smallest absolute Gasteiger partial charge is 0.240 e. The summed E-state index contributed by atoms with van der Waals surface area (Å²) in [6.07, 6.45) is 4.12. The monoisotopic (exact) mass is 326 g/mol. The predicted octanol–water partition coefficient (Wildman–Crippen LogP) is 3.04. The van der Waals surface area contributed by atoms with E-state index in [1.165, 1.54) is 5.56 Å². The standard InChI is InChI=1S/C17H30N2O2S/c1-4-7-9-16-10-12-17(13-11-16)22(20,21)18-14-8-15-19(5-2)6-3/h10-13,18H,4-9,14-15H2,1-3H3. The summed E-state index contributed by atoms with van der Waals surface area (Å²) >= 11 is 0. The maximum absolute atomic E-state index is 12.2. The molecule has 0 aliphatic rings. The van der Waals surface area contributed by atoms with Gasteiger partial charge in [-0.2, -0.15) is 0 Å². The van der Waals surface area contributed by atoms with Crippen molar-refractivity contribution in [1.82, 2.24) is 9.62 Å². The molecule has 0 saturated heterocycles. The zero-order valence-corrected chi connectivity index (χ0v) is 15.0. The molecule has 5 heteroatoms. The lowest BCUT2D eigenvalue weighted by atomic mass is 10.1. The van der Waals surface area contributed by atoms with Crippen LogP contribution in [0.3, 0.4) is 0 Å². The Hall–Kier alpha value is -0.910. The van der Waals surface area contributed by atoms with Crippen LogP contribution in [0.5, 0.6) is 0 Å². The molecule has 0 bridgehead atoms. The first-order chi connectivity index (χ1) is 10.5. The van der Waals surface area contributed by atoms with Gasteiger partial charge in [0.2, 0.25) is 10.0 Å². The van der Waals surface area contributed by atoms with Gasteiger partial charge in [0.25, 0.3) is 0 Å². The number of rotatable bonds is 11. The number of hydrogen-bond acceptors (Lipinski definition) is 3. The number of aryl methyl sites for hydroxylation is 1. The Balaban J connectivity index is 2.48. The van der Waals surface area contributed by atoms with Crippen LogP contribution in [-0.4, -0.2) is 39.5 Å². The van der Waals surface area contributed by atoms with Crippen LogP contribution in [-0.2, 0) is 16.4 Å². The van der Waals surface area contributed by atoms with Crippen LogP contribution in [0.25, 0.3) is 0 Å². The third-order valence-corrected chi connectivity index (χ3v) is 5.37. The molecule has 0 fully saturated rings. The Bertz CT molecular complexity index is 508. The second-order valence-corrected chi connectivity index (χ2v) is 7.29. The molecule has 0 amide bonds. The largest absolute Gasteiger partial charge is 0.304 e. The van der Waals surface area contributed by atoms with Crippen molar-refractivity contribution in [3.63, 3.8) is 0 Å². The van der Waals surface area contributed by atoms with E-state index in [1.54, 1.807) is 12.1 Å². The molecular formula is C17H30N2O2S. The summed E-state index contributed by atoms with van der Waals surface area (Å²) in [6.45, 7) is 9.80. The minimum atomic E-state index is -3.38. The van der Waals surface area contributed by atoms with Crippen LogP contribution in [0.4, 0.5) is 0 Å². The Morgan fingerprint density at radius 1 is 1.00 bits per heavy atom. The van der Waals surface area contributed by atoms with Gasteiger partial charge in [0.05, 0.1) is 4.90 Å². The Kier molecular flexibility index (Phi) is 8.68. The molecule has 0 aliphatic heterocycles. The van der Waals surface area contributed by atoms with Crippen LogP contribution in [0, 0.1) is 0 Å². The molecule has 1 aromatic carbocycles. The first kappa shape index (κ1) is 19.1. The number of benzene rings is 1. The predicted molar refractivity (Wildman–Crippen MR) is 92.6 cm³/mol. The molecule has 22 heavy (non-hydrogen) atoms. The molecule has 0 aromatic heterocycles. The van der Waals surface area contributed by atoms with Gasteiger partial charge in [-0.1, -0.05) is 39.3 Å². The van der Waals surface area contributed by atoms with Crippen molar-refractivity contribution in [2.75, 3.05) is 26.2 Å². The van der Waals surface area contributed by atoms with Gasteiger partial charge in [0, 0.05) is 6.54 Å². The SMILES string of the molecule is CCCCc1ccc(S(=O)(=O)NCCCN(CC)CC)cc1. The van der Waals surface area contributed by atoms with E-state index < -0.39 is 10.0 Å². The molecule has 0 heterocycles. The lowest BCUT2D eigenvalue weighted by Crippen LogP contribution is -2.30. The Morgan fingerprint density at radius 3 is 2.18 bits per heavy atom. The molecule has 0 saturated carbocycles.